The smallest absolute Gasteiger partial charge is 0.307 e. The summed E-state index contributed by atoms with van der Waals surface area (Å²) in [6, 6.07) is 6.77. The Hall–Kier alpha value is -1.87. The van der Waals surface area contributed by atoms with Gasteiger partial charge in [0.2, 0.25) is 5.91 Å². The molecule has 0 saturated heterocycles. The highest BCUT2D eigenvalue weighted by Crippen LogP contribution is 2.39. The highest BCUT2D eigenvalue weighted by molar-refractivity contribution is 9.10. The predicted octanol–water partition coefficient (Wildman–Crippen LogP) is 1.98. The molecule has 5 nitrogen and oxygen atoms in total. The van der Waals surface area contributed by atoms with E-state index in [9.17, 15) is 9.59 Å². The fraction of sp³-hybridized carbons (Fsp3) is 0.250. The number of carboxylic acid groups (broad SMARTS) is 1. The van der Waals surface area contributed by atoms with Gasteiger partial charge in [0.1, 0.15) is 0 Å². The lowest BCUT2D eigenvalue weighted by molar-refractivity contribution is -0.139. The number of hydrogen-bond donors (Lipinski definition) is 2. The van der Waals surface area contributed by atoms with Gasteiger partial charge in [-0.15, -0.1) is 0 Å². The van der Waals surface area contributed by atoms with Crippen molar-refractivity contribution in [2.75, 3.05) is 5.32 Å². The van der Waals surface area contributed by atoms with Crippen LogP contribution in [0.2, 0.25) is 0 Å². The van der Waals surface area contributed by atoms with Crippen LogP contribution in [0.4, 0.5) is 5.69 Å². The van der Waals surface area contributed by atoms with Crippen LogP contribution >= 0.6 is 15.9 Å². The molecule has 6 heteroatoms. The van der Waals surface area contributed by atoms with Gasteiger partial charge in [-0.25, -0.2) is 0 Å². The molecule has 0 aliphatic heterocycles. The first-order valence-electron chi connectivity index (χ1n) is 5.26. The molecule has 0 radical (unpaired) electrons. The molecule has 0 heterocycles. The number of amides is 1. The minimum atomic E-state index is -0.936. The van der Waals surface area contributed by atoms with Crippen molar-refractivity contribution >= 4 is 33.5 Å². The summed E-state index contributed by atoms with van der Waals surface area (Å²) in [6.45, 7) is 0. The van der Waals surface area contributed by atoms with Crippen LogP contribution in [-0.2, 0) is 9.59 Å². The molecular weight excluding hydrogens is 300 g/mol. The number of halogens is 1. The number of nitrogens with zero attached hydrogens (tertiary/aromatic N) is 1. The summed E-state index contributed by atoms with van der Waals surface area (Å²) in [6.07, 6.45) is 0.384. The van der Waals surface area contributed by atoms with E-state index in [0.29, 0.717) is 22.1 Å². The molecule has 0 spiro atoms. The lowest BCUT2D eigenvalue weighted by Crippen LogP contribution is -2.17. The molecule has 18 heavy (non-hydrogen) atoms. The number of carboxylic acids is 1. The van der Waals surface area contributed by atoms with Crippen LogP contribution in [-0.4, -0.2) is 17.0 Å². The van der Waals surface area contributed by atoms with Gasteiger partial charge >= 0.3 is 5.97 Å². The Morgan fingerprint density at radius 1 is 1.44 bits per heavy atom. The lowest BCUT2D eigenvalue weighted by atomic mass is 10.2. The second kappa shape index (κ2) is 4.78. The van der Waals surface area contributed by atoms with E-state index >= 15 is 0 Å². The summed E-state index contributed by atoms with van der Waals surface area (Å²) in [4.78, 5) is 22.4. The van der Waals surface area contributed by atoms with Gasteiger partial charge < -0.3 is 10.4 Å². The van der Waals surface area contributed by atoms with Crippen LogP contribution in [0.5, 0.6) is 0 Å². The largest absolute Gasteiger partial charge is 0.481 e. The van der Waals surface area contributed by atoms with Gasteiger partial charge in [0.15, 0.2) is 0 Å². The summed E-state index contributed by atoms with van der Waals surface area (Å²) in [7, 11) is 0. The molecule has 1 aromatic carbocycles. The maximum Gasteiger partial charge on any atom is 0.307 e. The zero-order valence-electron chi connectivity index (χ0n) is 9.18. The maximum atomic E-state index is 11.7. The van der Waals surface area contributed by atoms with Gasteiger partial charge in [-0.1, -0.05) is 0 Å². The number of benzene rings is 1. The first kappa shape index (κ1) is 12.6. The Morgan fingerprint density at radius 3 is 2.67 bits per heavy atom. The maximum absolute atomic E-state index is 11.7. The second-order valence-electron chi connectivity index (χ2n) is 4.08. The molecule has 0 aromatic heterocycles. The Kier molecular flexibility index (Phi) is 3.34. The third kappa shape index (κ3) is 2.51. The molecule has 1 aliphatic rings. The van der Waals surface area contributed by atoms with Crippen molar-refractivity contribution in [1.29, 1.82) is 5.26 Å². The van der Waals surface area contributed by atoms with Crippen molar-refractivity contribution in [2.24, 2.45) is 11.8 Å². The molecular formula is C12H9BrN2O3. The van der Waals surface area contributed by atoms with E-state index < -0.39 is 17.8 Å². The van der Waals surface area contributed by atoms with E-state index in [1.807, 2.05) is 6.07 Å². The van der Waals surface area contributed by atoms with Crippen LogP contribution in [0.25, 0.3) is 0 Å². The van der Waals surface area contributed by atoms with Gasteiger partial charge in [0.05, 0.1) is 29.2 Å². The van der Waals surface area contributed by atoms with Gasteiger partial charge in [-0.05, 0) is 40.5 Å². The second-order valence-corrected chi connectivity index (χ2v) is 4.94. The van der Waals surface area contributed by atoms with E-state index in [0.717, 1.165) is 0 Å². The Labute approximate surface area is 112 Å². The third-order valence-corrected chi connectivity index (χ3v) is 3.46. The van der Waals surface area contributed by atoms with Crippen LogP contribution in [0.3, 0.4) is 0 Å². The molecule has 2 atom stereocenters. The van der Waals surface area contributed by atoms with Gasteiger partial charge in [-0.2, -0.15) is 5.26 Å². The summed E-state index contributed by atoms with van der Waals surface area (Å²) in [5.41, 5.74) is 1.02. The number of nitrogens with one attached hydrogen (secondary N) is 1. The minimum absolute atomic E-state index is 0.298. The fourth-order valence-electron chi connectivity index (χ4n) is 1.67. The Bertz CT molecular complexity index is 565. The molecule has 1 saturated carbocycles. The molecule has 1 amide bonds. The summed E-state index contributed by atoms with van der Waals surface area (Å²) in [5.74, 6) is -2.26. The first-order valence-corrected chi connectivity index (χ1v) is 6.05. The lowest BCUT2D eigenvalue weighted by Gasteiger charge is -2.06. The van der Waals surface area contributed by atoms with Gasteiger partial charge in [-0.3, -0.25) is 9.59 Å². The van der Waals surface area contributed by atoms with Crippen molar-refractivity contribution in [3.05, 3.63) is 28.2 Å². The molecule has 1 aromatic rings. The van der Waals surface area contributed by atoms with E-state index in [1.165, 1.54) is 0 Å². The van der Waals surface area contributed by atoms with Crippen molar-refractivity contribution in [1.82, 2.24) is 0 Å². The monoisotopic (exact) mass is 308 g/mol. The highest BCUT2D eigenvalue weighted by Gasteiger charge is 2.48. The molecule has 2 rings (SSSR count). The number of carbonyl (C=O) groups excluding carboxylic acids is 1. The van der Waals surface area contributed by atoms with Gasteiger partial charge in [0, 0.05) is 4.47 Å². The normalized spacial score (nSPS) is 20.9. The van der Waals surface area contributed by atoms with Gasteiger partial charge in [0.25, 0.3) is 0 Å². The SMILES string of the molecule is N#Cc1ccc(NC(=O)C2CC2C(=O)O)c(Br)c1. The summed E-state index contributed by atoms with van der Waals surface area (Å²) in [5, 5.41) is 20.1. The molecule has 2 unspecified atom stereocenters. The molecule has 2 N–H and O–H groups in total. The molecule has 0 bridgehead atoms. The molecule has 1 fully saturated rings. The minimum Gasteiger partial charge on any atom is -0.481 e. The summed E-state index contributed by atoms with van der Waals surface area (Å²) >= 11 is 3.25. The van der Waals surface area contributed by atoms with Crippen LogP contribution in [0.1, 0.15) is 12.0 Å². The van der Waals surface area contributed by atoms with Crippen LogP contribution < -0.4 is 5.32 Å². The standard InChI is InChI=1S/C12H9BrN2O3/c13-9-3-6(5-14)1-2-10(9)15-11(16)7-4-8(7)12(17)18/h1-3,7-8H,4H2,(H,15,16)(H,17,18). The molecule has 92 valence electrons. The van der Waals surface area contributed by atoms with Crippen molar-refractivity contribution < 1.29 is 14.7 Å². The van der Waals surface area contributed by atoms with E-state index in [-0.39, 0.29) is 5.91 Å². The first-order chi connectivity index (χ1) is 8.52. The van der Waals surface area contributed by atoms with Crippen LogP contribution in [0, 0.1) is 23.2 Å². The predicted molar refractivity (Wildman–Crippen MR) is 66.7 cm³/mol. The Morgan fingerprint density at radius 2 is 2.17 bits per heavy atom. The van der Waals surface area contributed by atoms with E-state index in [4.69, 9.17) is 10.4 Å². The molecule has 1 aliphatic carbocycles. The number of carbonyl (C=O) groups is 2. The third-order valence-electron chi connectivity index (χ3n) is 2.80. The number of hydrogen-bond acceptors (Lipinski definition) is 3. The average Bonchev–Trinajstić information content (AvgIpc) is 3.11. The average molecular weight is 309 g/mol. The van der Waals surface area contributed by atoms with E-state index in [1.54, 1.807) is 18.2 Å². The zero-order valence-corrected chi connectivity index (χ0v) is 10.8. The van der Waals surface area contributed by atoms with Crippen molar-refractivity contribution in [3.63, 3.8) is 0 Å². The van der Waals surface area contributed by atoms with E-state index in [2.05, 4.69) is 21.2 Å². The quantitative estimate of drug-likeness (QED) is 0.893. The number of nitriles is 1. The summed E-state index contributed by atoms with van der Waals surface area (Å²) < 4.78 is 0.599. The highest BCUT2D eigenvalue weighted by atomic mass is 79.9. The van der Waals surface area contributed by atoms with Crippen LogP contribution in [0.15, 0.2) is 22.7 Å². The number of rotatable bonds is 3. The van der Waals surface area contributed by atoms with Crippen molar-refractivity contribution in [2.45, 2.75) is 6.42 Å². The van der Waals surface area contributed by atoms with Crippen molar-refractivity contribution in [3.8, 4) is 6.07 Å². The number of aliphatic carboxylic acids is 1. The fourth-order valence-corrected chi connectivity index (χ4v) is 2.15. The number of anilines is 1. The topological polar surface area (TPSA) is 90.2 Å². The Balaban J connectivity index is 2.05. The zero-order chi connectivity index (χ0) is 13.3.